The summed E-state index contributed by atoms with van der Waals surface area (Å²) in [5.41, 5.74) is 0.602. The molecule has 3 aromatic rings. The van der Waals surface area contributed by atoms with Crippen molar-refractivity contribution in [2.75, 3.05) is 6.54 Å². The van der Waals surface area contributed by atoms with Crippen molar-refractivity contribution in [1.82, 2.24) is 4.31 Å². The summed E-state index contributed by atoms with van der Waals surface area (Å²) in [7, 11) is -3.53. The van der Waals surface area contributed by atoms with Crippen molar-refractivity contribution in [2.45, 2.75) is 18.7 Å². The summed E-state index contributed by atoms with van der Waals surface area (Å²) < 4.78 is 32.7. The molecule has 0 unspecified atom stereocenters. The SMILES string of the molecule is O=S(=O)(Cc1ccccc1Cl)N(CCc1cccs1)Cc1ccco1. The molecular formula is C18H18ClNO3S2. The summed E-state index contributed by atoms with van der Waals surface area (Å²) >= 11 is 7.76. The normalized spacial score (nSPS) is 11.9. The Balaban J connectivity index is 1.79. The largest absolute Gasteiger partial charge is 0.468 e. The number of halogens is 1. The highest BCUT2D eigenvalue weighted by atomic mass is 35.5. The zero-order chi connectivity index (χ0) is 17.7. The molecule has 0 saturated heterocycles. The van der Waals surface area contributed by atoms with Crippen molar-refractivity contribution in [2.24, 2.45) is 0 Å². The highest BCUT2D eigenvalue weighted by Gasteiger charge is 2.24. The van der Waals surface area contributed by atoms with Gasteiger partial charge in [0.25, 0.3) is 0 Å². The third-order valence-electron chi connectivity index (χ3n) is 3.79. The van der Waals surface area contributed by atoms with Gasteiger partial charge in [0.05, 0.1) is 18.6 Å². The van der Waals surface area contributed by atoms with Crippen LogP contribution in [0.1, 0.15) is 16.2 Å². The average molecular weight is 396 g/mol. The van der Waals surface area contributed by atoms with Crippen molar-refractivity contribution in [1.29, 1.82) is 0 Å². The van der Waals surface area contributed by atoms with Crippen LogP contribution in [0.3, 0.4) is 0 Å². The monoisotopic (exact) mass is 395 g/mol. The molecule has 0 amide bonds. The first-order valence-corrected chi connectivity index (χ1v) is 10.7. The lowest BCUT2D eigenvalue weighted by Gasteiger charge is -2.21. The fourth-order valence-corrected chi connectivity index (χ4v) is 4.99. The van der Waals surface area contributed by atoms with E-state index < -0.39 is 10.0 Å². The van der Waals surface area contributed by atoms with E-state index in [9.17, 15) is 8.42 Å². The van der Waals surface area contributed by atoms with Gasteiger partial charge in [0.2, 0.25) is 10.0 Å². The molecule has 0 fully saturated rings. The molecule has 0 radical (unpaired) electrons. The molecule has 0 spiro atoms. The molecule has 0 atom stereocenters. The van der Waals surface area contributed by atoms with E-state index in [-0.39, 0.29) is 12.3 Å². The van der Waals surface area contributed by atoms with Crippen molar-refractivity contribution in [3.63, 3.8) is 0 Å². The minimum Gasteiger partial charge on any atom is -0.468 e. The van der Waals surface area contributed by atoms with Crippen molar-refractivity contribution in [3.05, 3.63) is 81.4 Å². The third kappa shape index (κ3) is 4.95. The van der Waals surface area contributed by atoms with E-state index >= 15 is 0 Å². The van der Waals surface area contributed by atoms with Crippen molar-refractivity contribution < 1.29 is 12.8 Å². The van der Waals surface area contributed by atoms with Crippen LogP contribution >= 0.6 is 22.9 Å². The Kier molecular flexibility index (Phi) is 5.96. The topological polar surface area (TPSA) is 50.5 Å². The molecule has 4 nitrogen and oxygen atoms in total. The first kappa shape index (κ1) is 18.2. The van der Waals surface area contributed by atoms with E-state index in [0.717, 1.165) is 4.88 Å². The lowest BCUT2D eigenvalue weighted by molar-refractivity contribution is 0.366. The van der Waals surface area contributed by atoms with Gasteiger partial charge >= 0.3 is 0 Å². The van der Waals surface area contributed by atoms with Crippen LogP contribution in [-0.4, -0.2) is 19.3 Å². The molecule has 25 heavy (non-hydrogen) atoms. The lowest BCUT2D eigenvalue weighted by atomic mass is 10.2. The Hall–Kier alpha value is -1.60. The number of benzene rings is 1. The molecule has 0 bridgehead atoms. The Morgan fingerprint density at radius 1 is 1.08 bits per heavy atom. The third-order valence-corrected chi connectivity index (χ3v) is 6.87. The van der Waals surface area contributed by atoms with Gasteiger partial charge in [0.1, 0.15) is 5.76 Å². The van der Waals surface area contributed by atoms with Crippen LogP contribution in [0.15, 0.2) is 64.6 Å². The molecule has 0 aliphatic rings. The van der Waals surface area contributed by atoms with Crippen molar-refractivity contribution in [3.8, 4) is 0 Å². The summed E-state index contributed by atoms with van der Waals surface area (Å²) in [6.45, 7) is 0.610. The first-order chi connectivity index (χ1) is 12.0. The summed E-state index contributed by atoms with van der Waals surface area (Å²) in [6.07, 6.45) is 2.22. The lowest BCUT2D eigenvalue weighted by Crippen LogP contribution is -2.33. The highest BCUT2D eigenvalue weighted by molar-refractivity contribution is 7.88. The Bertz CT molecular complexity index is 890. The summed E-state index contributed by atoms with van der Waals surface area (Å²) in [6, 6.07) is 14.5. The van der Waals surface area contributed by atoms with Gasteiger partial charge in [-0.25, -0.2) is 8.42 Å². The molecule has 132 valence electrons. The molecular weight excluding hydrogens is 378 g/mol. The fourth-order valence-electron chi connectivity index (χ4n) is 2.49. The molecule has 2 aromatic heterocycles. The minimum absolute atomic E-state index is 0.127. The predicted molar refractivity (Wildman–Crippen MR) is 101 cm³/mol. The number of furan rings is 1. The van der Waals surface area contributed by atoms with E-state index in [1.165, 1.54) is 4.31 Å². The zero-order valence-corrected chi connectivity index (χ0v) is 15.9. The quantitative estimate of drug-likeness (QED) is 0.561. The second kappa shape index (κ2) is 8.19. The Morgan fingerprint density at radius 3 is 2.60 bits per heavy atom. The smallest absolute Gasteiger partial charge is 0.218 e. The molecule has 0 saturated carbocycles. The van der Waals surface area contributed by atoms with Gasteiger partial charge in [-0.3, -0.25) is 0 Å². The standard InChI is InChI=1S/C18H18ClNO3S2/c19-18-8-2-1-5-15(18)14-25(21,22)20(13-16-6-3-11-23-16)10-9-17-7-4-12-24-17/h1-8,11-12H,9-10,13-14H2. The van der Waals surface area contributed by atoms with E-state index in [1.54, 1.807) is 54.0 Å². The molecule has 2 heterocycles. The fraction of sp³-hybridized carbons (Fsp3) is 0.222. The van der Waals surface area contributed by atoms with Crippen LogP contribution in [0.25, 0.3) is 0 Å². The van der Waals surface area contributed by atoms with E-state index in [1.807, 2.05) is 17.5 Å². The van der Waals surface area contributed by atoms with Gasteiger partial charge in [-0.2, -0.15) is 4.31 Å². The van der Waals surface area contributed by atoms with Crippen LogP contribution in [-0.2, 0) is 28.7 Å². The van der Waals surface area contributed by atoms with E-state index in [4.69, 9.17) is 16.0 Å². The second-order valence-corrected chi connectivity index (χ2v) is 9.00. The number of thiophene rings is 1. The highest BCUT2D eigenvalue weighted by Crippen LogP contribution is 2.22. The maximum absolute atomic E-state index is 13.0. The van der Waals surface area contributed by atoms with Gasteiger partial charge in [0, 0.05) is 16.4 Å². The molecule has 0 aliphatic heterocycles. The second-order valence-electron chi connectivity index (χ2n) is 5.59. The number of rotatable bonds is 8. The molecule has 7 heteroatoms. The molecule has 3 rings (SSSR count). The molecule has 0 N–H and O–H groups in total. The maximum Gasteiger partial charge on any atom is 0.218 e. The van der Waals surface area contributed by atoms with Crippen LogP contribution in [0.2, 0.25) is 5.02 Å². The molecule has 1 aromatic carbocycles. The van der Waals surface area contributed by atoms with Crippen LogP contribution in [0.4, 0.5) is 0 Å². The van der Waals surface area contributed by atoms with Gasteiger partial charge in [-0.1, -0.05) is 35.9 Å². The van der Waals surface area contributed by atoms with Gasteiger partial charge < -0.3 is 4.42 Å². The average Bonchev–Trinajstić information content (AvgIpc) is 3.26. The van der Waals surface area contributed by atoms with Crippen LogP contribution < -0.4 is 0 Å². The Morgan fingerprint density at radius 2 is 1.92 bits per heavy atom. The summed E-state index contributed by atoms with van der Waals surface area (Å²) in [4.78, 5) is 1.15. The van der Waals surface area contributed by atoms with E-state index in [0.29, 0.717) is 29.3 Å². The maximum atomic E-state index is 13.0. The zero-order valence-electron chi connectivity index (χ0n) is 13.5. The number of sulfonamides is 1. The van der Waals surface area contributed by atoms with Crippen LogP contribution in [0, 0.1) is 0 Å². The number of hydrogen-bond acceptors (Lipinski definition) is 4. The first-order valence-electron chi connectivity index (χ1n) is 7.80. The number of hydrogen-bond donors (Lipinski definition) is 0. The van der Waals surface area contributed by atoms with Gasteiger partial charge in [-0.05, 0) is 41.6 Å². The van der Waals surface area contributed by atoms with Crippen LogP contribution in [0.5, 0.6) is 0 Å². The van der Waals surface area contributed by atoms with Gasteiger partial charge in [-0.15, -0.1) is 11.3 Å². The predicted octanol–water partition coefficient (Wildman–Crippen LogP) is 4.57. The number of nitrogens with zero attached hydrogens (tertiary/aromatic N) is 1. The van der Waals surface area contributed by atoms with E-state index in [2.05, 4.69) is 0 Å². The Labute approximate surface area is 156 Å². The summed E-state index contributed by atoms with van der Waals surface area (Å²) in [5.74, 6) is 0.492. The molecule has 0 aliphatic carbocycles. The summed E-state index contributed by atoms with van der Waals surface area (Å²) in [5, 5.41) is 2.45. The van der Waals surface area contributed by atoms with Crippen molar-refractivity contribution >= 4 is 33.0 Å². The minimum atomic E-state index is -3.53. The van der Waals surface area contributed by atoms with Gasteiger partial charge in [0.15, 0.2) is 0 Å².